The van der Waals surface area contributed by atoms with Crippen LogP contribution in [0.3, 0.4) is 0 Å². The number of aldehydes is 1. The topological polar surface area (TPSA) is 52.3 Å². The molecule has 1 aromatic heterocycles. The van der Waals surface area contributed by atoms with Gasteiger partial charge in [-0.05, 0) is 11.4 Å². The summed E-state index contributed by atoms with van der Waals surface area (Å²) >= 11 is 1.63. The first-order valence-corrected chi connectivity index (χ1v) is 4.52. The highest BCUT2D eigenvalue weighted by molar-refractivity contribution is 7.09. The molecule has 0 aliphatic rings. The van der Waals surface area contributed by atoms with Crippen LogP contribution in [0.2, 0.25) is 0 Å². The summed E-state index contributed by atoms with van der Waals surface area (Å²) in [5.74, 6) is 0. The van der Waals surface area contributed by atoms with E-state index in [9.17, 15) is 4.79 Å². The molecule has 1 rings (SSSR count). The monoisotopic (exact) mass is 185 g/mol. The van der Waals surface area contributed by atoms with Crippen molar-refractivity contribution in [3.05, 3.63) is 22.4 Å². The fraction of sp³-hybridized carbons (Fsp3) is 0.375. The van der Waals surface area contributed by atoms with Crippen LogP contribution in [0.25, 0.3) is 0 Å². The van der Waals surface area contributed by atoms with Crippen LogP contribution < -0.4 is 5.73 Å². The Balaban J connectivity index is 2.15. The average molecular weight is 185 g/mol. The third-order valence-electron chi connectivity index (χ3n) is 1.31. The molecular formula is C8H11NO2S. The fourth-order valence-corrected chi connectivity index (χ4v) is 1.37. The first-order chi connectivity index (χ1) is 5.83. The minimum Gasteiger partial charge on any atom is -0.374 e. The van der Waals surface area contributed by atoms with Gasteiger partial charge in [0.1, 0.15) is 6.29 Å². The SMILES string of the molecule is N[C@H](C=O)COCc1cccs1. The van der Waals surface area contributed by atoms with E-state index >= 15 is 0 Å². The second-order valence-electron chi connectivity index (χ2n) is 2.39. The van der Waals surface area contributed by atoms with Gasteiger partial charge in [-0.1, -0.05) is 6.07 Å². The molecule has 0 saturated carbocycles. The van der Waals surface area contributed by atoms with Crippen LogP contribution in [0.5, 0.6) is 0 Å². The predicted octanol–water partition coefficient (Wildman–Crippen LogP) is 0.791. The Morgan fingerprint density at radius 3 is 3.17 bits per heavy atom. The van der Waals surface area contributed by atoms with E-state index in [1.807, 2.05) is 17.5 Å². The molecular weight excluding hydrogens is 174 g/mol. The highest BCUT2D eigenvalue weighted by Crippen LogP contribution is 2.09. The molecule has 0 unspecified atom stereocenters. The van der Waals surface area contributed by atoms with E-state index in [0.717, 1.165) is 4.88 Å². The van der Waals surface area contributed by atoms with Crippen molar-refractivity contribution in [1.82, 2.24) is 0 Å². The Bertz CT molecular complexity index is 223. The summed E-state index contributed by atoms with van der Waals surface area (Å²) in [7, 11) is 0. The summed E-state index contributed by atoms with van der Waals surface area (Å²) in [6.45, 7) is 0.834. The van der Waals surface area contributed by atoms with Crippen LogP contribution in [-0.2, 0) is 16.1 Å². The maximum atomic E-state index is 10.1. The number of hydrogen-bond donors (Lipinski definition) is 1. The van der Waals surface area contributed by atoms with Gasteiger partial charge in [0.05, 0.1) is 19.3 Å². The second kappa shape index (κ2) is 5.03. The van der Waals surface area contributed by atoms with Crippen molar-refractivity contribution in [3.8, 4) is 0 Å². The fourth-order valence-electron chi connectivity index (χ4n) is 0.730. The first kappa shape index (κ1) is 9.38. The van der Waals surface area contributed by atoms with Crippen molar-refractivity contribution in [2.75, 3.05) is 6.61 Å². The number of hydrogen-bond acceptors (Lipinski definition) is 4. The number of carbonyl (C=O) groups is 1. The summed E-state index contributed by atoms with van der Waals surface area (Å²) in [5, 5.41) is 1.98. The van der Waals surface area contributed by atoms with Crippen molar-refractivity contribution in [1.29, 1.82) is 0 Å². The average Bonchev–Trinajstić information content (AvgIpc) is 2.57. The summed E-state index contributed by atoms with van der Waals surface area (Å²) in [6.07, 6.45) is 0.689. The Labute approximate surface area is 75.1 Å². The molecule has 0 fully saturated rings. The third kappa shape index (κ3) is 3.13. The van der Waals surface area contributed by atoms with Gasteiger partial charge in [0.15, 0.2) is 0 Å². The molecule has 0 radical (unpaired) electrons. The Morgan fingerprint density at radius 2 is 2.58 bits per heavy atom. The number of thiophene rings is 1. The van der Waals surface area contributed by atoms with Gasteiger partial charge in [0, 0.05) is 4.88 Å². The quantitative estimate of drug-likeness (QED) is 0.690. The molecule has 1 aromatic rings. The molecule has 0 aliphatic carbocycles. The molecule has 2 N–H and O–H groups in total. The van der Waals surface area contributed by atoms with Gasteiger partial charge < -0.3 is 15.3 Å². The lowest BCUT2D eigenvalue weighted by Gasteiger charge is -2.03. The van der Waals surface area contributed by atoms with Crippen LogP contribution in [-0.4, -0.2) is 18.9 Å². The number of carbonyl (C=O) groups excluding carboxylic acids is 1. The lowest BCUT2D eigenvalue weighted by atomic mass is 10.4. The van der Waals surface area contributed by atoms with Crippen molar-refractivity contribution in [3.63, 3.8) is 0 Å². The molecule has 1 heterocycles. The van der Waals surface area contributed by atoms with Crippen molar-refractivity contribution in [2.45, 2.75) is 12.6 Å². The van der Waals surface area contributed by atoms with Crippen LogP contribution in [0.4, 0.5) is 0 Å². The summed E-state index contributed by atoms with van der Waals surface area (Å²) in [5.41, 5.74) is 5.32. The summed E-state index contributed by atoms with van der Waals surface area (Å²) in [4.78, 5) is 11.2. The minimum atomic E-state index is -0.495. The highest BCUT2D eigenvalue weighted by atomic mass is 32.1. The van der Waals surface area contributed by atoms with E-state index in [1.54, 1.807) is 11.3 Å². The zero-order valence-corrected chi connectivity index (χ0v) is 7.42. The first-order valence-electron chi connectivity index (χ1n) is 3.64. The zero-order valence-electron chi connectivity index (χ0n) is 6.60. The van der Waals surface area contributed by atoms with Gasteiger partial charge in [-0.3, -0.25) is 0 Å². The molecule has 12 heavy (non-hydrogen) atoms. The molecule has 66 valence electrons. The van der Waals surface area contributed by atoms with E-state index in [1.165, 1.54) is 0 Å². The molecule has 3 nitrogen and oxygen atoms in total. The molecule has 0 aliphatic heterocycles. The van der Waals surface area contributed by atoms with Crippen molar-refractivity contribution in [2.24, 2.45) is 5.73 Å². The smallest absolute Gasteiger partial charge is 0.139 e. The van der Waals surface area contributed by atoms with Gasteiger partial charge in [0.2, 0.25) is 0 Å². The summed E-state index contributed by atoms with van der Waals surface area (Å²) < 4.78 is 5.18. The molecule has 0 aromatic carbocycles. The minimum absolute atomic E-state index is 0.293. The van der Waals surface area contributed by atoms with Crippen molar-refractivity contribution >= 4 is 17.6 Å². The third-order valence-corrected chi connectivity index (χ3v) is 2.16. The second-order valence-corrected chi connectivity index (χ2v) is 3.43. The normalized spacial score (nSPS) is 12.8. The van der Waals surface area contributed by atoms with E-state index < -0.39 is 6.04 Å². The largest absolute Gasteiger partial charge is 0.374 e. The van der Waals surface area contributed by atoms with E-state index in [-0.39, 0.29) is 0 Å². The van der Waals surface area contributed by atoms with Crippen LogP contribution in [0.15, 0.2) is 17.5 Å². The van der Waals surface area contributed by atoms with E-state index in [2.05, 4.69) is 0 Å². The number of ether oxygens (including phenoxy) is 1. The van der Waals surface area contributed by atoms with Gasteiger partial charge in [0.25, 0.3) is 0 Å². The molecule has 0 amide bonds. The maximum absolute atomic E-state index is 10.1. The lowest BCUT2D eigenvalue weighted by Crippen LogP contribution is -2.27. The Kier molecular flexibility index (Phi) is 3.93. The predicted molar refractivity (Wildman–Crippen MR) is 48.0 cm³/mol. The van der Waals surface area contributed by atoms with Gasteiger partial charge >= 0.3 is 0 Å². The molecule has 0 saturated heterocycles. The van der Waals surface area contributed by atoms with Crippen LogP contribution in [0, 0.1) is 0 Å². The van der Waals surface area contributed by atoms with E-state index in [4.69, 9.17) is 10.5 Å². The molecule has 0 bridgehead atoms. The van der Waals surface area contributed by atoms with Gasteiger partial charge in [-0.25, -0.2) is 0 Å². The van der Waals surface area contributed by atoms with Crippen LogP contribution in [0.1, 0.15) is 4.88 Å². The lowest BCUT2D eigenvalue weighted by molar-refractivity contribution is -0.110. The van der Waals surface area contributed by atoms with Crippen molar-refractivity contribution < 1.29 is 9.53 Å². The maximum Gasteiger partial charge on any atom is 0.139 e. The van der Waals surface area contributed by atoms with Gasteiger partial charge in [-0.15, -0.1) is 11.3 Å². The van der Waals surface area contributed by atoms with E-state index in [0.29, 0.717) is 19.5 Å². The number of rotatable bonds is 5. The zero-order chi connectivity index (χ0) is 8.81. The van der Waals surface area contributed by atoms with Crippen LogP contribution >= 0.6 is 11.3 Å². The Morgan fingerprint density at radius 1 is 1.75 bits per heavy atom. The molecule has 4 heteroatoms. The Hall–Kier alpha value is -0.710. The standard InChI is InChI=1S/C8H11NO2S/c9-7(4-10)5-11-6-8-2-1-3-12-8/h1-4,7H,5-6,9H2/t7-/m1/s1. The molecule has 1 atom stereocenters. The van der Waals surface area contributed by atoms with Gasteiger partial charge in [-0.2, -0.15) is 0 Å². The molecule has 0 spiro atoms. The number of nitrogens with two attached hydrogens (primary N) is 1. The highest BCUT2D eigenvalue weighted by Gasteiger charge is 1.99. The summed E-state index contributed by atoms with van der Waals surface area (Å²) in [6, 6.07) is 3.45.